The lowest BCUT2D eigenvalue weighted by atomic mass is 9.84. The Morgan fingerprint density at radius 2 is 1.91 bits per heavy atom. The second-order valence-corrected chi connectivity index (χ2v) is 10.7. The largest absolute Gasteiger partial charge is 0.507 e. The van der Waals surface area contributed by atoms with Gasteiger partial charge in [0.05, 0.1) is 30.9 Å². The Bertz CT molecular complexity index is 1090. The second-order valence-electron chi connectivity index (χ2n) is 9.77. The highest BCUT2D eigenvalue weighted by Crippen LogP contribution is 2.43. The standard InChI is InChI=1S/C27H35NO5S/c1-8-32-20-10-9-18(15-19(20)27(5,6)7)23(29)21-22(25-17(4)11-14-34-25)28(26(31)24(21)30)12-13-33-16(2)3/h9-11,14-16,22,29H,8,12-13H2,1-7H3/b23-21-. The fourth-order valence-electron chi connectivity index (χ4n) is 4.13. The fourth-order valence-corrected chi connectivity index (χ4v) is 5.18. The van der Waals surface area contributed by atoms with Crippen LogP contribution in [0.5, 0.6) is 5.75 Å². The van der Waals surface area contributed by atoms with Crippen LogP contribution in [0.25, 0.3) is 5.76 Å². The van der Waals surface area contributed by atoms with E-state index in [0.29, 0.717) is 18.8 Å². The summed E-state index contributed by atoms with van der Waals surface area (Å²) in [6.45, 7) is 15.0. The number of thiophene rings is 1. The number of likely N-dealkylation sites (tertiary alicyclic amines) is 1. The number of aliphatic hydroxyl groups is 1. The predicted molar refractivity (Wildman–Crippen MR) is 135 cm³/mol. The molecule has 34 heavy (non-hydrogen) atoms. The van der Waals surface area contributed by atoms with Gasteiger partial charge in [-0.05, 0) is 68.3 Å². The van der Waals surface area contributed by atoms with E-state index in [-0.39, 0.29) is 29.4 Å². The van der Waals surface area contributed by atoms with Gasteiger partial charge in [0, 0.05) is 22.5 Å². The monoisotopic (exact) mass is 485 g/mol. The van der Waals surface area contributed by atoms with E-state index in [1.165, 1.54) is 16.2 Å². The van der Waals surface area contributed by atoms with E-state index in [1.54, 1.807) is 6.07 Å². The summed E-state index contributed by atoms with van der Waals surface area (Å²) < 4.78 is 11.5. The molecule has 6 nitrogen and oxygen atoms in total. The van der Waals surface area contributed by atoms with Gasteiger partial charge in [-0.25, -0.2) is 0 Å². The number of carbonyl (C=O) groups is 2. The maximum absolute atomic E-state index is 13.2. The molecule has 2 heterocycles. The fraction of sp³-hybridized carbons (Fsp3) is 0.481. The molecule has 1 amide bonds. The topological polar surface area (TPSA) is 76.1 Å². The molecule has 0 saturated carbocycles. The third kappa shape index (κ3) is 5.20. The molecule has 1 aromatic heterocycles. The zero-order valence-electron chi connectivity index (χ0n) is 21.1. The first kappa shape index (κ1) is 26.0. The van der Waals surface area contributed by atoms with Crippen molar-refractivity contribution >= 4 is 28.8 Å². The minimum absolute atomic E-state index is 0.0124. The summed E-state index contributed by atoms with van der Waals surface area (Å²) in [5.41, 5.74) is 2.25. The lowest BCUT2D eigenvalue weighted by Gasteiger charge is -2.26. The number of aliphatic hydroxyl groups excluding tert-OH is 1. The molecular weight excluding hydrogens is 450 g/mol. The van der Waals surface area contributed by atoms with Crippen molar-refractivity contribution in [3.8, 4) is 5.75 Å². The molecular formula is C27H35NO5S. The number of ether oxygens (including phenoxy) is 2. The molecule has 1 aliphatic rings. The van der Waals surface area contributed by atoms with Gasteiger partial charge in [0.2, 0.25) is 0 Å². The first-order chi connectivity index (χ1) is 16.0. The Hall–Kier alpha value is -2.64. The van der Waals surface area contributed by atoms with Crippen LogP contribution in [-0.4, -0.2) is 47.6 Å². The molecule has 7 heteroatoms. The molecule has 1 aromatic carbocycles. The van der Waals surface area contributed by atoms with Gasteiger partial charge in [-0.1, -0.05) is 20.8 Å². The lowest BCUT2D eigenvalue weighted by Crippen LogP contribution is -2.33. The van der Waals surface area contributed by atoms with Crippen LogP contribution >= 0.6 is 11.3 Å². The minimum Gasteiger partial charge on any atom is -0.507 e. The van der Waals surface area contributed by atoms with E-state index in [2.05, 4.69) is 20.8 Å². The van der Waals surface area contributed by atoms with E-state index >= 15 is 0 Å². The normalized spacial score (nSPS) is 18.2. The van der Waals surface area contributed by atoms with Crippen molar-refractivity contribution in [2.45, 2.75) is 66.0 Å². The summed E-state index contributed by atoms with van der Waals surface area (Å²) in [4.78, 5) is 28.7. The number of nitrogens with zero attached hydrogens (tertiary/aromatic N) is 1. The van der Waals surface area contributed by atoms with Crippen molar-refractivity contribution in [3.63, 3.8) is 0 Å². The molecule has 1 saturated heterocycles. The van der Waals surface area contributed by atoms with Gasteiger partial charge in [0.1, 0.15) is 11.5 Å². The average molecular weight is 486 g/mol. The quantitative estimate of drug-likeness (QED) is 0.299. The Morgan fingerprint density at radius 3 is 2.47 bits per heavy atom. The van der Waals surface area contributed by atoms with Crippen LogP contribution in [0.1, 0.15) is 69.2 Å². The minimum atomic E-state index is -0.675. The van der Waals surface area contributed by atoms with Gasteiger partial charge in [-0.2, -0.15) is 0 Å². The zero-order valence-corrected chi connectivity index (χ0v) is 21.9. The van der Waals surface area contributed by atoms with Crippen molar-refractivity contribution in [3.05, 3.63) is 56.8 Å². The van der Waals surface area contributed by atoms with Crippen LogP contribution in [-0.2, 0) is 19.7 Å². The number of hydrogen-bond acceptors (Lipinski definition) is 6. The number of hydrogen-bond donors (Lipinski definition) is 1. The van der Waals surface area contributed by atoms with Crippen LogP contribution in [0.3, 0.4) is 0 Å². The highest BCUT2D eigenvalue weighted by molar-refractivity contribution is 7.10. The van der Waals surface area contributed by atoms with Crippen molar-refractivity contribution < 1.29 is 24.2 Å². The van der Waals surface area contributed by atoms with Gasteiger partial charge >= 0.3 is 0 Å². The van der Waals surface area contributed by atoms with Gasteiger partial charge < -0.3 is 19.5 Å². The van der Waals surface area contributed by atoms with Crippen LogP contribution in [0.2, 0.25) is 0 Å². The van der Waals surface area contributed by atoms with Gasteiger partial charge in [0.15, 0.2) is 0 Å². The van der Waals surface area contributed by atoms with Crippen molar-refractivity contribution in [1.82, 2.24) is 4.90 Å². The molecule has 1 fully saturated rings. The molecule has 1 atom stereocenters. The highest BCUT2D eigenvalue weighted by Gasteiger charge is 2.47. The Balaban J connectivity index is 2.14. The number of amides is 1. The van der Waals surface area contributed by atoms with E-state index in [0.717, 1.165) is 21.8 Å². The summed E-state index contributed by atoms with van der Waals surface area (Å²) in [5.74, 6) is -0.722. The van der Waals surface area contributed by atoms with Crippen LogP contribution < -0.4 is 4.74 Å². The van der Waals surface area contributed by atoms with Gasteiger partial charge in [0.25, 0.3) is 11.7 Å². The number of aryl methyl sites for hydroxylation is 1. The number of Topliss-reactive ketones (excluding diaryl/α,β-unsaturated/α-hetero) is 1. The number of carbonyl (C=O) groups excluding carboxylic acids is 2. The highest BCUT2D eigenvalue weighted by atomic mass is 32.1. The molecule has 0 radical (unpaired) electrons. The Kier molecular flexibility index (Phi) is 7.88. The third-order valence-corrected chi connectivity index (χ3v) is 6.91. The molecule has 1 aliphatic heterocycles. The maximum atomic E-state index is 13.2. The number of rotatable bonds is 8. The summed E-state index contributed by atoms with van der Waals surface area (Å²) >= 11 is 1.47. The third-order valence-electron chi connectivity index (χ3n) is 5.83. The molecule has 3 rings (SSSR count). The Labute approximate surface area is 206 Å². The van der Waals surface area contributed by atoms with Crippen LogP contribution in [0, 0.1) is 6.92 Å². The summed E-state index contributed by atoms with van der Waals surface area (Å²) in [6, 6.07) is 6.72. The van der Waals surface area contributed by atoms with Crippen LogP contribution in [0.15, 0.2) is 35.2 Å². The molecule has 0 aliphatic carbocycles. The van der Waals surface area contributed by atoms with Crippen molar-refractivity contribution in [1.29, 1.82) is 0 Å². The van der Waals surface area contributed by atoms with Gasteiger partial charge in [-0.3, -0.25) is 9.59 Å². The summed E-state index contributed by atoms with van der Waals surface area (Å²) in [7, 11) is 0. The first-order valence-electron chi connectivity index (χ1n) is 11.7. The smallest absolute Gasteiger partial charge is 0.295 e. The van der Waals surface area contributed by atoms with E-state index in [9.17, 15) is 14.7 Å². The molecule has 2 aromatic rings. The molecule has 0 bridgehead atoms. The zero-order chi connectivity index (χ0) is 25.2. The summed E-state index contributed by atoms with van der Waals surface area (Å²) in [6.07, 6.45) is 0.0124. The SMILES string of the molecule is CCOc1ccc(/C(O)=C2/C(=O)C(=O)N(CCOC(C)C)C2c2sccc2C)cc1C(C)(C)C. The summed E-state index contributed by atoms with van der Waals surface area (Å²) in [5, 5.41) is 13.4. The predicted octanol–water partition coefficient (Wildman–Crippen LogP) is 5.60. The molecule has 184 valence electrons. The van der Waals surface area contributed by atoms with E-state index < -0.39 is 17.7 Å². The number of benzene rings is 1. The van der Waals surface area contributed by atoms with Crippen LogP contribution in [0.4, 0.5) is 0 Å². The molecule has 1 N–H and O–H groups in total. The lowest BCUT2D eigenvalue weighted by molar-refractivity contribution is -0.140. The van der Waals surface area contributed by atoms with Crippen molar-refractivity contribution in [2.24, 2.45) is 0 Å². The Morgan fingerprint density at radius 1 is 1.21 bits per heavy atom. The molecule has 1 unspecified atom stereocenters. The van der Waals surface area contributed by atoms with E-state index in [1.807, 2.05) is 51.3 Å². The van der Waals surface area contributed by atoms with E-state index in [4.69, 9.17) is 9.47 Å². The number of ketones is 1. The second kappa shape index (κ2) is 10.3. The average Bonchev–Trinajstić information content (AvgIpc) is 3.28. The molecule has 0 spiro atoms. The van der Waals surface area contributed by atoms with Gasteiger partial charge in [-0.15, -0.1) is 11.3 Å². The van der Waals surface area contributed by atoms with Crippen molar-refractivity contribution in [2.75, 3.05) is 19.8 Å². The maximum Gasteiger partial charge on any atom is 0.295 e. The first-order valence-corrected chi connectivity index (χ1v) is 12.6.